The molecule has 0 fully saturated rings. The Morgan fingerprint density at radius 1 is 1.25 bits per heavy atom. The lowest BCUT2D eigenvalue weighted by molar-refractivity contribution is 0.0697. The van der Waals surface area contributed by atoms with Gasteiger partial charge in [-0.05, 0) is 46.2 Å². The van der Waals surface area contributed by atoms with Crippen LogP contribution in [0.4, 0.5) is 5.69 Å². The fourth-order valence-electron chi connectivity index (χ4n) is 2.50. The van der Waals surface area contributed by atoms with Crippen molar-refractivity contribution in [2.75, 3.05) is 18.4 Å². The molecule has 0 atom stereocenters. The zero-order valence-electron chi connectivity index (χ0n) is 13.1. The third-order valence-corrected chi connectivity index (χ3v) is 3.50. The van der Waals surface area contributed by atoms with E-state index in [1.165, 1.54) is 0 Å². The molecule has 0 aliphatic rings. The number of nitrogens with one attached hydrogen (secondary N) is 1. The van der Waals surface area contributed by atoms with Crippen molar-refractivity contribution in [3.63, 3.8) is 0 Å². The topological polar surface area (TPSA) is 52.6 Å². The van der Waals surface area contributed by atoms with Crippen molar-refractivity contribution in [2.45, 2.75) is 46.7 Å². The summed E-state index contributed by atoms with van der Waals surface area (Å²) in [6, 6.07) is 6.30. The van der Waals surface area contributed by atoms with Gasteiger partial charge in [0, 0.05) is 25.2 Å². The van der Waals surface area contributed by atoms with E-state index in [4.69, 9.17) is 0 Å². The van der Waals surface area contributed by atoms with Gasteiger partial charge in [0.2, 0.25) is 0 Å². The largest absolute Gasteiger partial charge is 0.478 e. The third-order valence-electron chi connectivity index (χ3n) is 3.50. The zero-order chi connectivity index (χ0) is 15.3. The number of rotatable bonds is 7. The number of para-hydroxylation sites is 1. The first kappa shape index (κ1) is 16.5. The van der Waals surface area contributed by atoms with Gasteiger partial charge in [-0.15, -0.1) is 0 Å². The van der Waals surface area contributed by atoms with Gasteiger partial charge in [0.1, 0.15) is 0 Å². The molecular weight excluding hydrogens is 252 g/mol. The Morgan fingerprint density at radius 2 is 1.85 bits per heavy atom. The van der Waals surface area contributed by atoms with Crippen LogP contribution in [0.15, 0.2) is 18.2 Å². The molecule has 0 radical (unpaired) electrons. The van der Waals surface area contributed by atoms with E-state index in [1.807, 2.05) is 13.0 Å². The molecule has 0 aliphatic carbocycles. The minimum Gasteiger partial charge on any atom is -0.478 e. The molecule has 4 nitrogen and oxygen atoms in total. The molecule has 0 saturated carbocycles. The lowest BCUT2D eigenvalue weighted by atomic mass is 10.1. The lowest BCUT2D eigenvalue weighted by Gasteiger charge is -2.30. The Balaban J connectivity index is 2.73. The first-order chi connectivity index (χ1) is 9.34. The van der Waals surface area contributed by atoms with Crippen molar-refractivity contribution in [1.82, 2.24) is 4.90 Å². The predicted octanol–water partition coefficient (Wildman–Crippen LogP) is 3.22. The van der Waals surface area contributed by atoms with Crippen LogP contribution in [0.2, 0.25) is 0 Å². The number of anilines is 1. The highest BCUT2D eigenvalue weighted by Crippen LogP contribution is 2.20. The van der Waals surface area contributed by atoms with Gasteiger partial charge in [-0.1, -0.05) is 12.1 Å². The number of carbonyl (C=O) groups is 1. The summed E-state index contributed by atoms with van der Waals surface area (Å²) in [6.07, 6.45) is 0. The average Bonchev–Trinajstić information content (AvgIpc) is 2.34. The Kier molecular flexibility index (Phi) is 6.02. The quantitative estimate of drug-likeness (QED) is 0.804. The van der Waals surface area contributed by atoms with Crippen LogP contribution < -0.4 is 5.32 Å². The molecule has 4 heteroatoms. The van der Waals surface area contributed by atoms with Crippen LogP contribution in [0.1, 0.15) is 43.6 Å². The predicted molar refractivity (Wildman–Crippen MR) is 83.6 cm³/mol. The van der Waals surface area contributed by atoms with E-state index in [-0.39, 0.29) is 0 Å². The monoisotopic (exact) mass is 278 g/mol. The number of benzene rings is 1. The molecule has 1 aromatic carbocycles. The van der Waals surface area contributed by atoms with Gasteiger partial charge in [-0.25, -0.2) is 4.79 Å². The molecule has 0 bridgehead atoms. The van der Waals surface area contributed by atoms with Crippen LogP contribution in [-0.2, 0) is 0 Å². The molecule has 0 aromatic heterocycles. The second kappa shape index (κ2) is 7.29. The Bertz CT molecular complexity index is 448. The van der Waals surface area contributed by atoms with Crippen molar-refractivity contribution in [2.24, 2.45) is 0 Å². The molecule has 0 saturated heterocycles. The molecule has 1 rings (SSSR count). The minimum atomic E-state index is -0.888. The van der Waals surface area contributed by atoms with Gasteiger partial charge < -0.3 is 10.4 Å². The maximum atomic E-state index is 11.2. The lowest BCUT2D eigenvalue weighted by Crippen LogP contribution is -2.40. The summed E-state index contributed by atoms with van der Waals surface area (Å²) in [5.74, 6) is -0.888. The smallest absolute Gasteiger partial charge is 0.337 e. The van der Waals surface area contributed by atoms with Crippen molar-refractivity contribution in [1.29, 1.82) is 0 Å². The Labute approximate surface area is 121 Å². The summed E-state index contributed by atoms with van der Waals surface area (Å²) in [6.45, 7) is 12.3. The van der Waals surface area contributed by atoms with Gasteiger partial charge in [0.05, 0.1) is 11.3 Å². The van der Waals surface area contributed by atoms with E-state index < -0.39 is 5.97 Å². The second-order valence-electron chi connectivity index (χ2n) is 5.65. The maximum Gasteiger partial charge on any atom is 0.337 e. The van der Waals surface area contributed by atoms with E-state index in [9.17, 15) is 9.90 Å². The van der Waals surface area contributed by atoms with Crippen LogP contribution >= 0.6 is 0 Å². The van der Waals surface area contributed by atoms with Crippen LogP contribution in [0.3, 0.4) is 0 Å². The summed E-state index contributed by atoms with van der Waals surface area (Å²) in [7, 11) is 0. The fourth-order valence-corrected chi connectivity index (χ4v) is 2.50. The van der Waals surface area contributed by atoms with E-state index in [1.54, 1.807) is 12.1 Å². The first-order valence-electron chi connectivity index (χ1n) is 7.17. The highest BCUT2D eigenvalue weighted by Gasteiger charge is 2.14. The van der Waals surface area contributed by atoms with Crippen LogP contribution in [0, 0.1) is 6.92 Å². The molecule has 0 aliphatic heterocycles. The first-order valence-corrected chi connectivity index (χ1v) is 7.17. The van der Waals surface area contributed by atoms with Crippen LogP contribution in [-0.4, -0.2) is 41.1 Å². The number of aromatic carboxylic acids is 1. The highest BCUT2D eigenvalue weighted by molar-refractivity contribution is 5.95. The van der Waals surface area contributed by atoms with Gasteiger partial charge in [-0.3, -0.25) is 4.90 Å². The molecule has 1 aromatic rings. The summed E-state index contributed by atoms with van der Waals surface area (Å²) in [5, 5.41) is 12.5. The van der Waals surface area contributed by atoms with Crippen LogP contribution in [0.5, 0.6) is 0 Å². The number of carboxylic acids is 1. The van der Waals surface area contributed by atoms with Gasteiger partial charge in [0.25, 0.3) is 0 Å². The fraction of sp³-hybridized carbons (Fsp3) is 0.562. The summed E-state index contributed by atoms with van der Waals surface area (Å²) in [4.78, 5) is 13.6. The number of carboxylic acid groups (broad SMARTS) is 1. The Hall–Kier alpha value is -1.55. The number of nitrogens with zero attached hydrogens (tertiary/aromatic N) is 1. The molecule has 0 heterocycles. The van der Waals surface area contributed by atoms with E-state index in [0.717, 1.165) is 24.3 Å². The summed E-state index contributed by atoms with van der Waals surface area (Å²) < 4.78 is 0. The number of aryl methyl sites for hydroxylation is 1. The Morgan fingerprint density at radius 3 is 2.35 bits per heavy atom. The van der Waals surface area contributed by atoms with Gasteiger partial charge in [-0.2, -0.15) is 0 Å². The standard InChI is InChI=1S/C16H26N2O2/c1-11(2)18(12(3)4)10-9-17-15-13(5)7-6-8-14(15)16(19)20/h6-8,11-12,17H,9-10H2,1-5H3,(H,19,20). The van der Waals surface area contributed by atoms with E-state index in [0.29, 0.717) is 17.6 Å². The molecule has 0 unspecified atom stereocenters. The molecule has 20 heavy (non-hydrogen) atoms. The number of hydrogen-bond acceptors (Lipinski definition) is 3. The van der Waals surface area contributed by atoms with E-state index >= 15 is 0 Å². The van der Waals surface area contributed by atoms with Crippen molar-refractivity contribution in [3.05, 3.63) is 29.3 Å². The molecule has 0 spiro atoms. The van der Waals surface area contributed by atoms with Crippen molar-refractivity contribution < 1.29 is 9.90 Å². The molecule has 2 N–H and O–H groups in total. The molecule has 112 valence electrons. The maximum absolute atomic E-state index is 11.2. The summed E-state index contributed by atoms with van der Waals surface area (Å²) in [5.41, 5.74) is 2.03. The third kappa shape index (κ3) is 4.23. The minimum absolute atomic E-state index is 0.339. The van der Waals surface area contributed by atoms with Gasteiger partial charge >= 0.3 is 5.97 Å². The summed E-state index contributed by atoms with van der Waals surface area (Å²) >= 11 is 0. The van der Waals surface area contributed by atoms with Crippen molar-refractivity contribution in [3.8, 4) is 0 Å². The zero-order valence-corrected chi connectivity index (χ0v) is 13.1. The average molecular weight is 278 g/mol. The molecular formula is C16H26N2O2. The van der Waals surface area contributed by atoms with Crippen LogP contribution in [0.25, 0.3) is 0 Å². The van der Waals surface area contributed by atoms with E-state index in [2.05, 4.69) is 37.9 Å². The highest BCUT2D eigenvalue weighted by atomic mass is 16.4. The normalized spacial score (nSPS) is 11.4. The number of hydrogen-bond donors (Lipinski definition) is 2. The SMILES string of the molecule is Cc1cccc(C(=O)O)c1NCCN(C(C)C)C(C)C. The van der Waals surface area contributed by atoms with Gasteiger partial charge in [0.15, 0.2) is 0 Å². The second-order valence-corrected chi connectivity index (χ2v) is 5.65. The van der Waals surface area contributed by atoms with Crippen molar-refractivity contribution >= 4 is 11.7 Å². The molecule has 0 amide bonds.